The Morgan fingerprint density at radius 3 is 2.65 bits per heavy atom. The van der Waals surface area contributed by atoms with Crippen molar-refractivity contribution in [3.8, 4) is 23.1 Å². The summed E-state index contributed by atoms with van der Waals surface area (Å²) < 4.78 is 22.5. The highest BCUT2D eigenvalue weighted by Crippen LogP contribution is 2.31. The highest BCUT2D eigenvalue weighted by atomic mass is 35.5. The summed E-state index contributed by atoms with van der Waals surface area (Å²) in [5.74, 6) is -0.0191. The van der Waals surface area contributed by atoms with E-state index in [1.807, 2.05) is 0 Å². The topological polar surface area (TPSA) is 161 Å². The lowest BCUT2D eigenvalue weighted by Gasteiger charge is -2.38. The van der Waals surface area contributed by atoms with Gasteiger partial charge in [0.05, 0.1) is 12.8 Å². The van der Waals surface area contributed by atoms with Gasteiger partial charge in [0.2, 0.25) is 6.29 Å². The van der Waals surface area contributed by atoms with Gasteiger partial charge in [0.25, 0.3) is 5.88 Å². The second kappa shape index (κ2) is 12.2. The number of aromatic nitrogens is 2. The minimum atomic E-state index is -1.81. The van der Waals surface area contributed by atoms with E-state index in [9.17, 15) is 25.2 Å². The molecular formula is C25H25ClN2O9. The number of halogens is 1. The van der Waals surface area contributed by atoms with Gasteiger partial charge in [-0.05, 0) is 54.8 Å². The molecule has 1 saturated heterocycles. The van der Waals surface area contributed by atoms with Crippen LogP contribution in [0.1, 0.15) is 12.0 Å². The van der Waals surface area contributed by atoms with Gasteiger partial charge in [-0.2, -0.15) is 0 Å². The van der Waals surface area contributed by atoms with Crippen molar-refractivity contribution in [1.82, 2.24) is 9.97 Å². The molecule has 0 amide bonds. The molecule has 12 heteroatoms. The summed E-state index contributed by atoms with van der Waals surface area (Å²) in [5.41, 5.74) is 0.684. The molecule has 2 aromatic heterocycles. The molecule has 3 aromatic rings. The third-order valence-corrected chi connectivity index (χ3v) is 5.76. The van der Waals surface area contributed by atoms with Crippen molar-refractivity contribution < 1.29 is 44.2 Å². The van der Waals surface area contributed by atoms with Crippen LogP contribution in [0.3, 0.4) is 0 Å². The predicted octanol–water partition coefficient (Wildman–Crippen LogP) is 2.20. The number of nitrogens with zero attached hydrogens (tertiary/aromatic N) is 2. The standard InChI is InChI=1S/C25H25ClN2O9/c26-15-5-1-6-16(12-15)35-23-17(7-2-9-28-23)34-11-3-4-14-8-10-27-13-18(14)36-25-21(31)19(29)20(30)22(37-25)24(32)33/h1-2,5-10,12-13,19-22,25,29-31H,3-4,11H2,(H,32,33)/t19-,20-,21+,22-,25+/m0/s1. The van der Waals surface area contributed by atoms with Crippen LogP contribution in [-0.4, -0.2) is 73.7 Å². The largest absolute Gasteiger partial charge is 0.488 e. The Labute approximate surface area is 216 Å². The van der Waals surface area contributed by atoms with Gasteiger partial charge in [-0.25, -0.2) is 9.78 Å². The number of hydrogen-bond donors (Lipinski definition) is 4. The maximum atomic E-state index is 11.3. The fourth-order valence-corrected chi connectivity index (χ4v) is 3.83. The molecule has 1 aliphatic rings. The number of aliphatic hydroxyl groups is 3. The van der Waals surface area contributed by atoms with Crippen LogP contribution in [0.15, 0.2) is 61.1 Å². The summed E-state index contributed by atoms with van der Waals surface area (Å²) in [6.45, 7) is 0.300. The van der Waals surface area contributed by atoms with Crippen LogP contribution in [0.5, 0.6) is 23.1 Å². The molecule has 1 aromatic carbocycles. The summed E-state index contributed by atoms with van der Waals surface area (Å²) in [5, 5.41) is 39.8. The molecular weight excluding hydrogens is 508 g/mol. The van der Waals surface area contributed by atoms with Crippen molar-refractivity contribution >= 4 is 17.6 Å². The number of carboxylic acid groups (broad SMARTS) is 1. The van der Waals surface area contributed by atoms with Crippen molar-refractivity contribution in [3.05, 3.63) is 71.6 Å². The summed E-state index contributed by atoms with van der Waals surface area (Å²) in [6, 6.07) is 12.1. The average Bonchev–Trinajstić information content (AvgIpc) is 2.88. The van der Waals surface area contributed by atoms with Crippen molar-refractivity contribution in [2.75, 3.05) is 6.61 Å². The highest BCUT2D eigenvalue weighted by molar-refractivity contribution is 6.30. The van der Waals surface area contributed by atoms with Gasteiger partial charge in [0.15, 0.2) is 11.9 Å². The van der Waals surface area contributed by atoms with Crippen LogP contribution in [0.25, 0.3) is 0 Å². The van der Waals surface area contributed by atoms with E-state index in [-0.39, 0.29) is 11.6 Å². The van der Waals surface area contributed by atoms with E-state index in [1.54, 1.807) is 54.9 Å². The van der Waals surface area contributed by atoms with E-state index < -0.39 is 36.7 Å². The number of carboxylic acids is 1. The lowest BCUT2D eigenvalue weighted by atomic mass is 9.99. The molecule has 0 saturated carbocycles. The van der Waals surface area contributed by atoms with Gasteiger partial charge < -0.3 is 39.4 Å². The maximum Gasteiger partial charge on any atom is 0.335 e. The second-order valence-electron chi connectivity index (χ2n) is 8.15. The van der Waals surface area contributed by atoms with Gasteiger partial charge in [-0.3, -0.25) is 4.98 Å². The van der Waals surface area contributed by atoms with Crippen LogP contribution >= 0.6 is 11.6 Å². The molecule has 4 rings (SSSR count). The summed E-state index contributed by atoms with van der Waals surface area (Å²) in [7, 11) is 0. The molecule has 196 valence electrons. The zero-order chi connectivity index (χ0) is 26.4. The molecule has 3 heterocycles. The fourth-order valence-electron chi connectivity index (χ4n) is 3.65. The first-order chi connectivity index (χ1) is 17.8. The molecule has 0 spiro atoms. The van der Waals surface area contributed by atoms with Gasteiger partial charge in [0.1, 0.15) is 29.8 Å². The van der Waals surface area contributed by atoms with Crippen molar-refractivity contribution in [2.45, 2.75) is 43.5 Å². The maximum absolute atomic E-state index is 11.3. The summed E-state index contributed by atoms with van der Waals surface area (Å²) in [4.78, 5) is 19.6. The monoisotopic (exact) mass is 532 g/mol. The van der Waals surface area contributed by atoms with E-state index in [0.29, 0.717) is 41.5 Å². The van der Waals surface area contributed by atoms with E-state index >= 15 is 0 Å². The molecule has 4 N–H and O–H groups in total. The van der Waals surface area contributed by atoms with Crippen LogP contribution in [0.2, 0.25) is 5.02 Å². The van der Waals surface area contributed by atoms with Crippen molar-refractivity contribution in [2.24, 2.45) is 0 Å². The fraction of sp³-hybridized carbons (Fsp3) is 0.320. The number of rotatable bonds is 10. The highest BCUT2D eigenvalue weighted by Gasteiger charge is 2.48. The quantitative estimate of drug-likeness (QED) is 0.283. The van der Waals surface area contributed by atoms with E-state index in [1.165, 1.54) is 6.20 Å². The lowest BCUT2D eigenvalue weighted by molar-refractivity contribution is -0.271. The van der Waals surface area contributed by atoms with Crippen LogP contribution < -0.4 is 14.2 Å². The number of benzene rings is 1. The molecule has 5 atom stereocenters. The molecule has 0 unspecified atom stereocenters. The molecule has 0 aliphatic carbocycles. The third-order valence-electron chi connectivity index (χ3n) is 5.52. The first-order valence-corrected chi connectivity index (χ1v) is 11.7. The Morgan fingerprint density at radius 2 is 1.86 bits per heavy atom. The first kappa shape index (κ1) is 26.6. The Morgan fingerprint density at radius 1 is 1.03 bits per heavy atom. The van der Waals surface area contributed by atoms with Crippen LogP contribution in [0, 0.1) is 0 Å². The van der Waals surface area contributed by atoms with E-state index in [0.717, 1.165) is 0 Å². The van der Waals surface area contributed by atoms with Gasteiger partial charge in [-0.15, -0.1) is 0 Å². The minimum Gasteiger partial charge on any atom is -0.488 e. The number of aryl methyl sites for hydroxylation is 1. The third kappa shape index (κ3) is 6.64. The number of aliphatic carboxylic acids is 1. The second-order valence-corrected chi connectivity index (χ2v) is 8.59. The molecule has 11 nitrogen and oxygen atoms in total. The van der Waals surface area contributed by atoms with E-state index in [2.05, 4.69) is 9.97 Å². The summed E-state index contributed by atoms with van der Waals surface area (Å²) in [6.07, 6.45) is -3.01. The minimum absolute atomic E-state index is 0.227. The lowest BCUT2D eigenvalue weighted by Crippen LogP contribution is -2.61. The molecule has 0 bridgehead atoms. The Hall–Kier alpha value is -3.48. The number of aliphatic hydroxyl groups excluding tert-OH is 3. The number of ether oxygens (including phenoxy) is 4. The SMILES string of the molecule is O=C(O)[C@H]1O[C@@H](Oc2cnccc2CCCOc2cccnc2Oc2cccc(Cl)c2)[C@H](O)[C@@H](O)[C@@H]1O. The zero-order valence-electron chi connectivity index (χ0n) is 19.4. The Balaban J connectivity index is 1.36. The summed E-state index contributed by atoms with van der Waals surface area (Å²) >= 11 is 6.01. The predicted molar refractivity (Wildman–Crippen MR) is 129 cm³/mol. The van der Waals surface area contributed by atoms with Crippen LogP contribution in [0.4, 0.5) is 0 Å². The van der Waals surface area contributed by atoms with Gasteiger partial charge in [-0.1, -0.05) is 17.7 Å². The normalized spacial score (nSPS) is 23.3. The number of pyridine rings is 2. The smallest absolute Gasteiger partial charge is 0.335 e. The first-order valence-electron chi connectivity index (χ1n) is 11.4. The average molecular weight is 533 g/mol. The zero-order valence-corrected chi connectivity index (χ0v) is 20.1. The molecule has 1 fully saturated rings. The number of carbonyl (C=O) groups is 1. The van der Waals surface area contributed by atoms with Crippen molar-refractivity contribution in [1.29, 1.82) is 0 Å². The Kier molecular flexibility index (Phi) is 8.74. The molecule has 0 radical (unpaired) electrons. The van der Waals surface area contributed by atoms with Gasteiger partial charge in [0, 0.05) is 17.4 Å². The van der Waals surface area contributed by atoms with Gasteiger partial charge >= 0.3 is 5.97 Å². The Bertz CT molecular complexity index is 1210. The van der Waals surface area contributed by atoms with Crippen molar-refractivity contribution in [3.63, 3.8) is 0 Å². The van der Waals surface area contributed by atoms with Crippen LogP contribution in [-0.2, 0) is 16.0 Å². The van der Waals surface area contributed by atoms with E-state index in [4.69, 9.17) is 30.5 Å². The molecule has 1 aliphatic heterocycles. The molecule has 37 heavy (non-hydrogen) atoms. The number of hydrogen-bond acceptors (Lipinski definition) is 10.